The fourth-order valence-corrected chi connectivity index (χ4v) is 2.17. The minimum atomic E-state index is 0.184. The summed E-state index contributed by atoms with van der Waals surface area (Å²) >= 11 is 5.85. The first-order valence-electron chi connectivity index (χ1n) is 5.89. The van der Waals surface area contributed by atoms with Gasteiger partial charge in [-0.15, -0.1) is 0 Å². The first-order chi connectivity index (χ1) is 8.19. The smallest absolute Gasteiger partial charge is 0.322 e. The van der Waals surface area contributed by atoms with E-state index in [-0.39, 0.29) is 11.3 Å². The molecular formula is C11H17ClN4O. The molecule has 1 unspecified atom stereocenters. The van der Waals surface area contributed by atoms with Gasteiger partial charge in [-0.25, -0.2) is 0 Å². The summed E-state index contributed by atoms with van der Waals surface area (Å²) in [6.45, 7) is 4.21. The number of methoxy groups -OCH3 is 1. The van der Waals surface area contributed by atoms with Gasteiger partial charge in [-0.2, -0.15) is 15.0 Å². The SMILES string of the molecule is COc1nc(Cl)nc(N2CCCC(C)CC2)n1. The van der Waals surface area contributed by atoms with E-state index >= 15 is 0 Å². The van der Waals surface area contributed by atoms with E-state index in [1.165, 1.54) is 13.5 Å². The zero-order valence-electron chi connectivity index (χ0n) is 10.2. The molecule has 94 valence electrons. The maximum Gasteiger partial charge on any atom is 0.322 e. The highest BCUT2D eigenvalue weighted by molar-refractivity contribution is 6.28. The van der Waals surface area contributed by atoms with Gasteiger partial charge in [0.1, 0.15) is 0 Å². The highest BCUT2D eigenvalue weighted by Crippen LogP contribution is 2.21. The quantitative estimate of drug-likeness (QED) is 0.812. The van der Waals surface area contributed by atoms with Gasteiger partial charge in [0, 0.05) is 13.1 Å². The largest absolute Gasteiger partial charge is 0.467 e. The van der Waals surface area contributed by atoms with Crippen molar-refractivity contribution in [3.63, 3.8) is 0 Å². The van der Waals surface area contributed by atoms with Crippen LogP contribution in [0.1, 0.15) is 26.2 Å². The molecule has 1 aliphatic heterocycles. The second-order valence-electron chi connectivity index (χ2n) is 4.41. The molecule has 0 spiro atoms. The molecule has 1 fully saturated rings. The summed E-state index contributed by atoms with van der Waals surface area (Å²) in [6.07, 6.45) is 3.57. The molecule has 0 N–H and O–H groups in total. The number of hydrogen-bond acceptors (Lipinski definition) is 5. The summed E-state index contributed by atoms with van der Waals surface area (Å²) in [7, 11) is 1.53. The monoisotopic (exact) mass is 256 g/mol. The standard InChI is InChI=1S/C11H17ClN4O/c1-8-4-3-6-16(7-5-8)10-13-9(12)14-11(15-10)17-2/h8H,3-7H2,1-2H3. The number of aromatic nitrogens is 3. The predicted molar refractivity (Wildman–Crippen MR) is 66.6 cm³/mol. The van der Waals surface area contributed by atoms with Gasteiger partial charge >= 0.3 is 6.01 Å². The van der Waals surface area contributed by atoms with Crippen molar-refractivity contribution in [2.24, 2.45) is 5.92 Å². The molecule has 0 saturated carbocycles. The van der Waals surface area contributed by atoms with Crippen molar-refractivity contribution in [2.75, 3.05) is 25.1 Å². The Bertz CT molecular complexity index is 388. The number of ether oxygens (including phenoxy) is 1. The van der Waals surface area contributed by atoms with Crippen LogP contribution in [0.4, 0.5) is 5.95 Å². The molecule has 0 amide bonds. The second kappa shape index (κ2) is 5.49. The summed E-state index contributed by atoms with van der Waals surface area (Å²) in [5.41, 5.74) is 0. The van der Waals surface area contributed by atoms with Crippen molar-refractivity contribution in [1.82, 2.24) is 15.0 Å². The average molecular weight is 257 g/mol. The number of anilines is 1. The summed E-state index contributed by atoms with van der Waals surface area (Å²) in [6, 6.07) is 0.275. The predicted octanol–water partition coefficient (Wildman–Crippen LogP) is 2.16. The summed E-state index contributed by atoms with van der Waals surface area (Å²) < 4.78 is 5.01. The van der Waals surface area contributed by atoms with Crippen LogP contribution in [-0.4, -0.2) is 35.2 Å². The van der Waals surface area contributed by atoms with Crippen molar-refractivity contribution >= 4 is 17.5 Å². The van der Waals surface area contributed by atoms with Gasteiger partial charge in [0.05, 0.1) is 7.11 Å². The van der Waals surface area contributed by atoms with Crippen LogP contribution in [0.5, 0.6) is 6.01 Å². The van der Waals surface area contributed by atoms with Gasteiger partial charge < -0.3 is 9.64 Å². The number of hydrogen-bond donors (Lipinski definition) is 0. The zero-order valence-corrected chi connectivity index (χ0v) is 10.9. The molecule has 17 heavy (non-hydrogen) atoms. The van der Waals surface area contributed by atoms with Crippen molar-refractivity contribution in [3.05, 3.63) is 5.28 Å². The minimum Gasteiger partial charge on any atom is -0.467 e. The third-order valence-electron chi connectivity index (χ3n) is 3.06. The third-order valence-corrected chi connectivity index (χ3v) is 3.23. The van der Waals surface area contributed by atoms with Crippen molar-refractivity contribution in [2.45, 2.75) is 26.2 Å². The fourth-order valence-electron chi connectivity index (χ4n) is 2.02. The van der Waals surface area contributed by atoms with E-state index in [1.807, 2.05) is 0 Å². The molecule has 1 aliphatic rings. The minimum absolute atomic E-state index is 0.184. The fraction of sp³-hybridized carbons (Fsp3) is 0.727. The molecule has 0 aromatic carbocycles. The molecule has 0 aliphatic carbocycles. The van der Waals surface area contributed by atoms with Crippen LogP contribution in [0.25, 0.3) is 0 Å². The zero-order chi connectivity index (χ0) is 12.3. The van der Waals surface area contributed by atoms with E-state index in [9.17, 15) is 0 Å². The molecule has 2 heterocycles. The maximum atomic E-state index is 5.85. The molecular weight excluding hydrogens is 240 g/mol. The van der Waals surface area contributed by atoms with Crippen LogP contribution in [-0.2, 0) is 0 Å². The Balaban J connectivity index is 2.17. The number of nitrogens with zero attached hydrogens (tertiary/aromatic N) is 4. The van der Waals surface area contributed by atoms with Gasteiger partial charge in [-0.3, -0.25) is 0 Å². The molecule has 6 heteroatoms. The highest BCUT2D eigenvalue weighted by atomic mass is 35.5. The van der Waals surface area contributed by atoms with E-state index in [4.69, 9.17) is 16.3 Å². The molecule has 5 nitrogen and oxygen atoms in total. The van der Waals surface area contributed by atoms with E-state index < -0.39 is 0 Å². The maximum absolute atomic E-state index is 5.85. The Morgan fingerprint density at radius 1 is 1.24 bits per heavy atom. The van der Waals surface area contributed by atoms with Crippen molar-refractivity contribution in [1.29, 1.82) is 0 Å². The van der Waals surface area contributed by atoms with E-state index in [2.05, 4.69) is 26.8 Å². The summed E-state index contributed by atoms with van der Waals surface area (Å²) in [5.74, 6) is 1.38. The van der Waals surface area contributed by atoms with Crippen LogP contribution < -0.4 is 9.64 Å². The van der Waals surface area contributed by atoms with Gasteiger partial charge in [0.25, 0.3) is 0 Å². The van der Waals surface area contributed by atoms with Gasteiger partial charge in [-0.05, 0) is 36.8 Å². The van der Waals surface area contributed by atoms with Gasteiger partial charge in [0.15, 0.2) is 0 Å². The topological polar surface area (TPSA) is 51.1 Å². The molecule has 0 bridgehead atoms. The number of halogens is 1. The van der Waals surface area contributed by atoms with E-state index in [0.717, 1.165) is 31.8 Å². The Kier molecular flexibility index (Phi) is 3.99. The Hall–Kier alpha value is -1.10. The van der Waals surface area contributed by atoms with Gasteiger partial charge in [-0.1, -0.05) is 6.92 Å². The molecule has 1 aromatic heterocycles. The summed E-state index contributed by atoms with van der Waals surface area (Å²) in [5, 5.41) is 0.184. The van der Waals surface area contributed by atoms with Gasteiger partial charge in [0.2, 0.25) is 11.2 Å². The normalized spacial score (nSPS) is 21.1. The van der Waals surface area contributed by atoms with Crippen LogP contribution >= 0.6 is 11.6 Å². The van der Waals surface area contributed by atoms with E-state index in [1.54, 1.807) is 0 Å². The lowest BCUT2D eigenvalue weighted by Gasteiger charge is -2.20. The van der Waals surface area contributed by atoms with E-state index in [0.29, 0.717) is 5.95 Å². The first kappa shape index (κ1) is 12.4. The molecule has 2 rings (SSSR count). The molecule has 1 atom stereocenters. The Labute approximate surface area is 106 Å². The molecule has 1 saturated heterocycles. The molecule has 0 radical (unpaired) electrons. The van der Waals surface area contributed by atoms with Crippen molar-refractivity contribution < 1.29 is 4.74 Å². The lowest BCUT2D eigenvalue weighted by molar-refractivity contribution is 0.378. The van der Waals surface area contributed by atoms with Crippen LogP contribution in [0.2, 0.25) is 5.28 Å². The highest BCUT2D eigenvalue weighted by Gasteiger charge is 2.17. The van der Waals surface area contributed by atoms with Crippen LogP contribution in [0.3, 0.4) is 0 Å². The molecule has 1 aromatic rings. The lowest BCUT2D eigenvalue weighted by Crippen LogP contribution is -2.26. The first-order valence-corrected chi connectivity index (χ1v) is 6.27. The Morgan fingerprint density at radius 2 is 2.06 bits per heavy atom. The lowest BCUT2D eigenvalue weighted by atomic mass is 10.0. The van der Waals surface area contributed by atoms with Crippen LogP contribution in [0.15, 0.2) is 0 Å². The second-order valence-corrected chi connectivity index (χ2v) is 4.75. The summed E-state index contributed by atoms with van der Waals surface area (Å²) in [4.78, 5) is 14.4. The third kappa shape index (κ3) is 3.19. The van der Waals surface area contributed by atoms with Crippen molar-refractivity contribution in [3.8, 4) is 6.01 Å². The average Bonchev–Trinajstić information content (AvgIpc) is 2.53. The number of rotatable bonds is 2. The Morgan fingerprint density at radius 3 is 2.82 bits per heavy atom. The van der Waals surface area contributed by atoms with Crippen LogP contribution in [0, 0.1) is 5.92 Å².